The number of benzene rings is 1. The highest BCUT2D eigenvalue weighted by atomic mass is 19.1. The molecule has 6 heteroatoms. The van der Waals surface area contributed by atoms with Gasteiger partial charge in [0.05, 0.1) is 13.2 Å². The molecule has 5 nitrogen and oxygen atoms in total. The summed E-state index contributed by atoms with van der Waals surface area (Å²) in [5, 5.41) is 2.57. The number of hydrogen-bond acceptors (Lipinski definition) is 4. The standard InChI is InChI=1S/C14H21FN2O3/c1-14(2,3)20-13(18)17-8-11(16)10-6-5-9(15)7-12(10)19-4/h5-7,11H,8,16H2,1-4H3,(H,17,18). The third kappa shape index (κ3) is 5.05. The lowest BCUT2D eigenvalue weighted by atomic mass is 10.1. The van der Waals surface area contributed by atoms with Crippen molar-refractivity contribution in [3.63, 3.8) is 0 Å². The van der Waals surface area contributed by atoms with Crippen molar-refractivity contribution in [1.29, 1.82) is 0 Å². The van der Waals surface area contributed by atoms with Crippen LogP contribution in [0.1, 0.15) is 32.4 Å². The predicted octanol–water partition coefficient (Wildman–Crippen LogP) is 2.36. The van der Waals surface area contributed by atoms with E-state index in [2.05, 4.69) is 5.32 Å². The molecule has 0 aliphatic carbocycles. The Morgan fingerprint density at radius 2 is 2.10 bits per heavy atom. The molecule has 1 unspecified atom stereocenters. The minimum absolute atomic E-state index is 0.164. The van der Waals surface area contributed by atoms with Gasteiger partial charge in [-0.25, -0.2) is 9.18 Å². The number of hydrogen-bond donors (Lipinski definition) is 2. The van der Waals surface area contributed by atoms with Crippen LogP contribution in [0.3, 0.4) is 0 Å². The molecule has 0 spiro atoms. The van der Waals surface area contributed by atoms with Crippen LogP contribution in [0.5, 0.6) is 5.75 Å². The van der Waals surface area contributed by atoms with Crippen LogP contribution >= 0.6 is 0 Å². The fraction of sp³-hybridized carbons (Fsp3) is 0.500. The second-order valence-corrected chi connectivity index (χ2v) is 5.38. The molecule has 1 aromatic carbocycles. The summed E-state index contributed by atoms with van der Waals surface area (Å²) in [5.74, 6) is -0.0543. The van der Waals surface area contributed by atoms with Crippen LogP contribution in [-0.2, 0) is 4.74 Å². The first-order valence-electron chi connectivity index (χ1n) is 6.29. The number of nitrogens with one attached hydrogen (secondary N) is 1. The van der Waals surface area contributed by atoms with Crippen LogP contribution in [0.15, 0.2) is 18.2 Å². The van der Waals surface area contributed by atoms with E-state index in [-0.39, 0.29) is 6.54 Å². The van der Waals surface area contributed by atoms with Gasteiger partial charge in [0.2, 0.25) is 0 Å². The summed E-state index contributed by atoms with van der Waals surface area (Å²) in [6.07, 6.45) is -0.547. The Labute approximate surface area is 118 Å². The van der Waals surface area contributed by atoms with E-state index in [0.29, 0.717) is 11.3 Å². The molecule has 20 heavy (non-hydrogen) atoms. The van der Waals surface area contributed by atoms with Crippen LogP contribution < -0.4 is 15.8 Å². The summed E-state index contributed by atoms with van der Waals surface area (Å²) in [6, 6.07) is 3.57. The molecule has 0 radical (unpaired) electrons. The minimum Gasteiger partial charge on any atom is -0.496 e. The lowest BCUT2D eigenvalue weighted by Gasteiger charge is -2.21. The Hall–Kier alpha value is -1.82. The van der Waals surface area contributed by atoms with Gasteiger partial charge in [-0.1, -0.05) is 6.07 Å². The topological polar surface area (TPSA) is 73.6 Å². The second kappa shape index (κ2) is 6.56. The summed E-state index contributed by atoms with van der Waals surface area (Å²) >= 11 is 0. The number of carbonyl (C=O) groups is 1. The van der Waals surface area contributed by atoms with Gasteiger partial charge in [0.1, 0.15) is 17.2 Å². The van der Waals surface area contributed by atoms with E-state index in [1.165, 1.54) is 25.3 Å². The molecule has 0 saturated carbocycles. The van der Waals surface area contributed by atoms with E-state index in [1.807, 2.05) is 0 Å². The van der Waals surface area contributed by atoms with Crippen molar-refractivity contribution in [3.05, 3.63) is 29.6 Å². The van der Waals surface area contributed by atoms with E-state index < -0.39 is 23.6 Å². The molecule has 1 rings (SSSR count). The summed E-state index contributed by atoms with van der Waals surface area (Å²) in [4.78, 5) is 11.5. The molecule has 1 amide bonds. The molecule has 1 aromatic rings. The number of ether oxygens (including phenoxy) is 2. The molecule has 1 atom stereocenters. The van der Waals surface area contributed by atoms with Gasteiger partial charge in [-0.3, -0.25) is 0 Å². The smallest absolute Gasteiger partial charge is 0.407 e. The lowest BCUT2D eigenvalue weighted by molar-refractivity contribution is 0.0524. The first-order chi connectivity index (χ1) is 9.23. The molecule has 0 aliphatic heterocycles. The molecule has 3 N–H and O–H groups in total. The monoisotopic (exact) mass is 284 g/mol. The van der Waals surface area contributed by atoms with E-state index in [9.17, 15) is 9.18 Å². The average molecular weight is 284 g/mol. The molecular formula is C14H21FN2O3. The summed E-state index contributed by atoms with van der Waals surface area (Å²) in [6.45, 7) is 5.48. The van der Waals surface area contributed by atoms with Crippen LogP contribution in [0.25, 0.3) is 0 Å². The van der Waals surface area contributed by atoms with Crippen molar-refractivity contribution < 1.29 is 18.7 Å². The van der Waals surface area contributed by atoms with Crippen molar-refractivity contribution in [3.8, 4) is 5.75 Å². The van der Waals surface area contributed by atoms with Crippen LogP contribution in [-0.4, -0.2) is 25.3 Å². The number of methoxy groups -OCH3 is 1. The lowest BCUT2D eigenvalue weighted by Crippen LogP contribution is -2.36. The highest BCUT2D eigenvalue weighted by Crippen LogP contribution is 2.24. The quantitative estimate of drug-likeness (QED) is 0.890. The van der Waals surface area contributed by atoms with E-state index in [4.69, 9.17) is 15.2 Å². The summed E-state index contributed by atoms with van der Waals surface area (Å²) in [7, 11) is 1.44. The zero-order valence-electron chi connectivity index (χ0n) is 12.2. The molecule has 112 valence electrons. The zero-order chi connectivity index (χ0) is 15.3. The van der Waals surface area contributed by atoms with Gasteiger partial charge in [-0.05, 0) is 26.8 Å². The van der Waals surface area contributed by atoms with Crippen LogP contribution in [0, 0.1) is 5.82 Å². The highest BCUT2D eigenvalue weighted by molar-refractivity contribution is 5.67. The Balaban J connectivity index is 2.63. The molecule has 0 aliphatic rings. The Bertz CT molecular complexity index is 472. The fourth-order valence-electron chi connectivity index (χ4n) is 1.61. The first-order valence-corrected chi connectivity index (χ1v) is 6.29. The van der Waals surface area contributed by atoms with Crippen molar-refractivity contribution >= 4 is 6.09 Å². The van der Waals surface area contributed by atoms with Gasteiger partial charge in [0, 0.05) is 18.2 Å². The maximum absolute atomic E-state index is 13.1. The second-order valence-electron chi connectivity index (χ2n) is 5.38. The molecule has 0 fully saturated rings. The van der Waals surface area contributed by atoms with Gasteiger partial charge in [0.25, 0.3) is 0 Å². The number of rotatable bonds is 4. The van der Waals surface area contributed by atoms with Crippen LogP contribution in [0.4, 0.5) is 9.18 Å². The fourth-order valence-corrected chi connectivity index (χ4v) is 1.61. The maximum Gasteiger partial charge on any atom is 0.407 e. The number of amides is 1. The molecule has 0 bridgehead atoms. The van der Waals surface area contributed by atoms with Gasteiger partial charge in [-0.2, -0.15) is 0 Å². The average Bonchev–Trinajstić information content (AvgIpc) is 2.33. The van der Waals surface area contributed by atoms with Gasteiger partial charge >= 0.3 is 6.09 Å². The van der Waals surface area contributed by atoms with Crippen molar-refractivity contribution in [2.75, 3.05) is 13.7 Å². The van der Waals surface area contributed by atoms with Crippen molar-refractivity contribution in [2.24, 2.45) is 5.73 Å². The molecular weight excluding hydrogens is 263 g/mol. The normalized spacial score (nSPS) is 12.7. The number of alkyl carbamates (subject to hydrolysis) is 1. The summed E-state index contributed by atoms with van der Waals surface area (Å²) < 4.78 is 23.3. The van der Waals surface area contributed by atoms with Crippen molar-refractivity contribution in [1.82, 2.24) is 5.32 Å². The van der Waals surface area contributed by atoms with Gasteiger partial charge in [0.15, 0.2) is 0 Å². The third-order valence-electron chi connectivity index (χ3n) is 2.46. The predicted molar refractivity (Wildman–Crippen MR) is 74.1 cm³/mol. The van der Waals surface area contributed by atoms with Crippen LogP contribution in [0.2, 0.25) is 0 Å². The van der Waals surface area contributed by atoms with E-state index in [1.54, 1.807) is 20.8 Å². The first kappa shape index (κ1) is 16.2. The third-order valence-corrected chi connectivity index (χ3v) is 2.46. The largest absolute Gasteiger partial charge is 0.496 e. The zero-order valence-corrected chi connectivity index (χ0v) is 12.2. The SMILES string of the molecule is COc1cc(F)ccc1C(N)CNC(=O)OC(C)(C)C. The van der Waals surface area contributed by atoms with Crippen molar-refractivity contribution in [2.45, 2.75) is 32.4 Å². The number of carbonyl (C=O) groups excluding carboxylic acids is 1. The molecule has 0 heterocycles. The number of nitrogens with two attached hydrogens (primary N) is 1. The number of halogens is 1. The van der Waals surface area contributed by atoms with Gasteiger partial charge < -0.3 is 20.5 Å². The van der Waals surface area contributed by atoms with Gasteiger partial charge in [-0.15, -0.1) is 0 Å². The van der Waals surface area contributed by atoms with E-state index in [0.717, 1.165) is 0 Å². The Morgan fingerprint density at radius 3 is 2.65 bits per heavy atom. The maximum atomic E-state index is 13.1. The minimum atomic E-state index is -0.568. The molecule has 0 aromatic heterocycles. The summed E-state index contributed by atoms with van der Waals surface area (Å²) in [5.41, 5.74) is 6.01. The molecule has 0 saturated heterocycles. The van der Waals surface area contributed by atoms with E-state index >= 15 is 0 Å². The Morgan fingerprint density at radius 1 is 1.45 bits per heavy atom. The Kier molecular flexibility index (Phi) is 5.33. The highest BCUT2D eigenvalue weighted by Gasteiger charge is 2.18.